The fraction of sp³-hybridized carbons (Fsp3) is 0.385. The molecule has 2 amide bonds. The second kappa shape index (κ2) is 5.71. The lowest BCUT2D eigenvalue weighted by atomic mass is 10.1. The molecule has 6 heteroatoms. The number of urea groups is 1. The van der Waals surface area contributed by atoms with Crippen molar-refractivity contribution in [1.82, 2.24) is 5.32 Å². The van der Waals surface area contributed by atoms with Crippen molar-refractivity contribution in [2.24, 2.45) is 0 Å². The van der Waals surface area contributed by atoms with Crippen molar-refractivity contribution in [3.05, 3.63) is 29.8 Å². The Balaban J connectivity index is 2.12. The van der Waals surface area contributed by atoms with Crippen molar-refractivity contribution in [3.63, 3.8) is 0 Å². The number of ether oxygens (including phenoxy) is 1. The number of hydrogen-bond acceptors (Lipinski definition) is 3. The number of para-hydroxylation sites is 1. The second-order valence-electron chi connectivity index (χ2n) is 4.39. The van der Waals surface area contributed by atoms with Gasteiger partial charge in [0.2, 0.25) is 0 Å². The maximum absolute atomic E-state index is 12.0. The van der Waals surface area contributed by atoms with Gasteiger partial charge in [0.15, 0.2) is 0 Å². The van der Waals surface area contributed by atoms with Crippen molar-refractivity contribution < 1.29 is 19.4 Å². The number of hydrogen-bond donors (Lipinski definition) is 2. The summed E-state index contributed by atoms with van der Waals surface area (Å²) >= 11 is 0. The van der Waals surface area contributed by atoms with Gasteiger partial charge in [0, 0.05) is 13.7 Å². The number of anilines is 1. The number of carboxylic acid groups (broad SMARTS) is 1. The van der Waals surface area contributed by atoms with Gasteiger partial charge in [-0.15, -0.1) is 0 Å². The Kier molecular flexibility index (Phi) is 4.01. The Morgan fingerprint density at radius 1 is 1.42 bits per heavy atom. The fourth-order valence-corrected chi connectivity index (χ4v) is 1.98. The molecule has 6 nitrogen and oxygen atoms in total. The number of carbonyl (C=O) groups excluding carboxylic acids is 1. The van der Waals surface area contributed by atoms with Crippen molar-refractivity contribution in [2.45, 2.75) is 12.5 Å². The Hall–Kier alpha value is -2.08. The van der Waals surface area contributed by atoms with Crippen LogP contribution in [-0.4, -0.2) is 43.4 Å². The van der Waals surface area contributed by atoms with Crippen LogP contribution in [0.4, 0.5) is 10.5 Å². The Morgan fingerprint density at radius 3 is 2.79 bits per heavy atom. The lowest BCUT2D eigenvalue weighted by Crippen LogP contribution is -2.43. The van der Waals surface area contributed by atoms with Gasteiger partial charge < -0.3 is 15.2 Å². The largest absolute Gasteiger partial charge is 0.478 e. The first-order chi connectivity index (χ1) is 9.09. The van der Waals surface area contributed by atoms with Crippen LogP contribution in [-0.2, 0) is 4.74 Å². The van der Waals surface area contributed by atoms with E-state index in [0.717, 1.165) is 6.42 Å². The average Bonchev–Trinajstić information content (AvgIpc) is 2.90. The van der Waals surface area contributed by atoms with Gasteiger partial charge in [-0.1, -0.05) is 12.1 Å². The summed E-state index contributed by atoms with van der Waals surface area (Å²) in [6, 6.07) is 6.07. The molecule has 1 heterocycles. The van der Waals surface area contributed by atoms with Gasteiger partial charge in [-0.3, -0.25) is 4.90 Å². The molecule has 2 N–H and O–H groups in total. The van der Waals surface area contributed by atoms with Gasteiger partial charge in [-0.05, 0) is 18.6 Å². The van der Waals surface area contributed by atoms with Gasteiger partial charge in [0.05, 0.1) is 23.9 Å². The van der Waals surface area contributed by atoms with E-state index in [1.165, 1.54) is 11.0 Å². The number of carbonyl (C=O) groups is 2. The van der Waals surface area contributed by atoms with Crippen LogP contribution < -0.4 is 10.2 Å². The molecular weight excluding hydrogens is 248 g/mol. The highest BCUT2D eigenvalue weighted by atomic mass is 16.5. The monoisotopic (exact) mass is 264 g/mol. The van der Waals surface area contributed by atoms with E-state index in [0.29, 0.717) is 18.9 Å². The third-order valence-corrected chi connectivity index (χ3v) is 3.06. The second-order valence-corrected chi connectivity index (χ2v) is 4.39. The number of benzene rings is 1. The molecule has 19 heavy (non-hydrogen) atoms. The molecule has 0 bridgehead atoms. The number of rotatable bonds is 3. The lowest BCUT2D eigenvalue weighted by Gasteiger charge is -2.21. The summed E-state index contributed by atoms with van der Waals surface area (Å²) in [4.78, 5) is 24.5. The smallest absolute Gasteiger partial charge is 0.337 e. The molecule has 0 saturated carbocycles. The van der Waals surface area contributed by atoms with Crippen LogP contribution in [0.15, 0.2) is 24.3 Å². The first kappa shape index (κ1) is 13.4. The van der Waals surface area contributed by atoms with Crippen LogP contribution in [0.1, 0.15) is 16.8 Å². The van der Waals surface area contributed by atoms with E-state index in [4.69, 9.17) is 9.84 Å². The fourth-order valence-electron chi connectivity index (χ4n) is 1.98. The molecule has 102 valence electrons. The molecule has 0 radical (unpaired) electrons. The Bertz CT molecular complexity index is 483. The van der Waals surface area contributed by atoms with E-state index in [2.05, 4.69) is 5.32 Å². The maximum atomic E-state index is 12.0. The molecule has 1 aromatic carbocycles. The van der Waals surface area contributed by atoms with E-state index < -0.39 is 5.97 Å². The van der Waals surface area contributed by atoms with Gasteiger partial charge in [-0.25, -0.2) is 9.59 Å². The number of nitrogens with one attached hydrogen (secondary N) is 1. The first-order valence-electron chi connectivity index (χ1n) is 6.04. The van der Waals surface area contributed by atoms with E-state index in [1.807, 2.05) is 0 Å². The van der Waals surface area contributed by atoms with Crippen LogP contribution in [0.25, 0.3) is 0 Å². The van der Waals surface area contributed by atoms with Gasteiger partial charge in [0.1, 0.15) is 0 Å². The molecule has 1 unspecified atom stereocenters. The minimum atomic E-state index is -1.06. The normalized spacial score (nSPS) is 18.1. The molecule has 0 spiro atoms. The Labute approximate surface area is 111 Å². The SMILES string of the molecule is CN(C(=O)NC1CCOC1)c1ccccc1C(=O)O. The summed E-state index contributed by atoms with van der Waals surface area (Å²) in [5.41, 5.74) is 0.467. The topological polar surface area (TPSA) is 78.9 Å². The summed E-state index contributed by atoms with van der Waals surface area (Å²) < 4.78 is 5.18. The first-order valence-corrected chi connectivity index (χ1v) is 6.04. The van der Waals surface area contributed by atoms with Gasteiger partial charge in [0.25, 0.3) is 0 Å². The zero-order valence-electron chi connectivity index (χ0n) is 10.6. The van der Waals surface area contributed by atoms with Crippen molar-refractivity contribution in [1.29, 1.82) is 0 Å². The number of nitrogens with zero attached hydrogens (tertiary/aromatic N) is 1. The van der Waals surface area contributed by atoms with Crippen LogP contribution in [0.5, 0.6) is 0 Å². The molecule has 1 fully saturated rings. The molecule has 1 aromatic rings. The predicted molar refractivity (Wildman–Crippen MR) is 69.6 cm³/mol. The molecule has 1 saturated heterocycles. The molecule has 1 atom stereocenters. The summed E-state index contributed by atoms with van der Waals surface area (Å²) in [5.74, 6) is -1.06. The highest BCUT2D eigenvalue weighted by Crippen LogP contribution is 2.19. The highest BCUT2D eigenvalue weighted by molar-refractivity contribution is 6.01. The molecule has 2 rings (SSSR count). The number of aromatic carboxylic acids is 1. The minimum Gasteiger partial charge on any atom is -0.478 e. The lowest BCUT2D eigenvalue weighted by molar-refractivity contribution is 0.0697. The quantitative estimate of drug-likeness (QED) is 0.863. The van der Waals surface area contributed by atoms with Crippen LogP contribution in [0.2, 0.25) is 0 Å². The van der Waals surface area contributed by atoms with Gasteiger partial charge in [-0.2, -0.15) is 0 Å². The van der Waals surface area contributed by atoms with E-state index in [9.17, 15) is 9.59 Å². The van der Waals surface area contributed by atoms with Crippen LogP contribution >= 0.6 is 0 Å². The van der Waals surface area contributed by atoms with Gasteiger partial charge >= 0.3 is 12.0 Å². The zero-order valence-corrected chi connectivity index (χ0v) is 10.6. The third kappa shape index (κ3) is 3.03. The maximum Gasteiger partial charge on any atom is 0.337 e. The molecule has 1 aliphatic heterocycles. The highest BCUT2D eigenvalue weighted by Gasteiger charge is 2.22. The van der Waals surface area contributed by atoms with Crippen molar-refractivity contribution >= 4 is 17.7 Å². The summed E-state index contributed by atoms with van der Waals surface area (Å²) in [7, 11) is 1.55. The Morgan fingerprint density at radius 2 is 2.16 bits per heavy atom. The summed E-state index contributed by atoms with van der Waals surface area (Å²) in [6.07, 6.45) is 0.778. The molecule has 0 aliphatic carbocycles. The molecule has 1 aliphatic rings. The predicted octanol–water partition coefficient (Wildman–Crippen LogP) is 1.32. The summed E-state index contributed by atoms with van der Waals surface area (Å²) in [6.45, 7) is 1.14. The van der Waals surface area contributed by atoms with E-state index in [-0.39, 0.29) is 17.6 Å². The van der Waals surface area contributed by atoms with Crippen LogP contribution in [0.3, 0.4) is 0 Å². The molecule has 0 aromatic heterocycles. The van der Waals surface area contributed by atoms with E-state index in [1.54, 1.807) is 25.2 Å². The van der Waals surface area contributed by atoms with Crippen molar-refractivity contribution in [2.75, 3.05) is 25.2 Å². The average molecular weight is 264 g/mol. The standard InChI is InChI=1S/C13H16N2O4/c1-15(13(18)14-9-6-7-19-8-9)11-5-3-2-4-10(11)12(16)17/h2-5,9H,6-8H2,1H3,(H,14,18)(H,16,17). The van der Waals surface area contributed by atoms with Crippen molar-refractivity contribution in [3.8, 4) is 0 Å². The third-order valence-electron chi connectivity index (χ3n) is 3.06. The van der Waals surface area contributed by atoms with E-state index >= 15 is 0 Å². The molecular formula is C13H16N2O4. The number of carboxylic acids is 1. The summed E-state index contributed by atoms with van der Waals surface area (Å²) in [5, 5.41) is 11.9. The minimum absolute atomic E-state index is 0.00746. The van der Waals surface area contributed by atoms with Crippen LogP contribution in [0, 0.1) is 0 Å². The number of amides is 2. The zero-order chi connectivity index (χ0) is 13.8.